The molecule has 0 aliphatic heterocycles. The van der Waals surface area contributed by atoms with E-state index in [2.05, 4.69) is 4.98 Å². The molecule has 0 saturated carbocycles. The fourth-order valence-corrected chi connectivity index (χ4v) is 1.58. The molecule has 1 atom stereocenters. The summed E-state index contributed by atoms with van der Waals surface area (Å²) in [6.45, 7) is 11.1. The van der Waals surface area contributed by atoms with Gasteiger partial charge in [-0.05, 0) is 53.2 Å². The average molecular weight is 265 g/mol. The van der Waals surface area contributed by atoms with E-state index in [4.69, 9.17) is 9.47 Å². The third-order valence-electron chi connectivity index (χ3n) is 2.45. The lowest BCUT2D eigenvalue weighted by atomic mass is 10.2. The lowest BCUT2D eigenvalue weighted by Gasteiger charge is -2.23. The van der Waals surface area contributed by atoms with Crippen molar-refractivity contribution in [3.05, 3.63) is 23.5 Å². The molecular weight excluding hydrogens is 242 g/mol. The molecule has 0 bridgehead atoms. The van der Waals surface area contributed by atoms with Crippen LogP contribution in [0.4, 0.5) is 0 Å². The Bertz CT molecular complexity index is 449. The molecule has 1 unspecified atom stereocenters. The number of aromatic nitrogens is 1. The molecule has 0 radical (unpaired) electrons. The van der Waals surface area contributed by atoms with Crippen molar-refractivity contribution >= 4 is 5.97 Å². The average Bonchev–Trinajstić information content (AvgIpc) is 2.29. The molecule has 0 fully saturated rings. The van der Waals surface area contributed by atoms with Gasteiger partial charge >= 0.3 is 5.97 Å². The van der Waals surface area contributed by atoms with Gasteiger partial charge in [0, 0.05) is 5.69 Å². The minimum absolute atomic E-state index is 0.366. The van der Waals surface area contributed by atoms with Crippen LogP contribution in [0.2, 0.25) is 0 Å². The van der Waals surface area contributed by atoms with Crippen LogP contribution in [0, 0.1) is 6.92 Å². The minimum Gasteiger partial charge on any atom is -0.477 e. The standard InChI is InChI=1S/C15H23NO3/c1-7-12-13(9-8-10(2)16-12)18-11(3)14(17)19-15(4,5)6/h8-9,11H,7H2,1-6H3. The van der Waals surface area contributed by atoms with Gasteiger partial charge in [-0.2, -0.15) is 0 Å². The SMILES string of the molecule is CCc1nc(C)ccc1OC(C)C(=O)OC(C)(C)C. The number of pyridine rings is 1. The zero-order valence-corrected chi connectivity index (χ0v) is 12.6. The number of carbonyl (C=O) groups excluding carboxylic acids is 1. The second kappa shape index (κ2) is 6.04. The predicted octanol–water partition coefficient (Wildman–Crippen LogP) is 3.06. The molecule has 0 amide bonds. The van der Waals surface area contributed by atoms with Crippen molar-refractivity contribution in [1.82, 2.24) is 4.98 Å². The second-order valence-corrected chi connectivity index (χ2v) is 5.54. The number of hydrogen-bond acceptors (Lipinski definition) is 4. The van der Waals surface area contributed by atoms with Gasteiger partial charge in [-0.15, -0.1) is 0 Å². The normalized spacial score (nSPS) is 12.9. The van der Waals surface area contributed by atoms with E-state index in [1.54, 1.807) is 6.92 Å². The van der Waals surface area contributed by atoms with Crippen molar-refractivity contribution in [3.63, 3.8) is 0 Å². The number of rotatable bonds is 4. The van der Waals surface area contributed by atoms with E-state index in [1.165, 1.54) is 0 Å². The van der Waals surface area contributed by atoms with Crippen LogP contribution in [0.3, 0.4) is 0 Å². The van der Waals surface area contributed by atoms with Gasteiger partial charge in [0.2, 0.25) is 0 Å². The van der Waals surface area contributed by atoms with E-state index in [-0.39, 0.29) is 5.97 Å². The Morgan fingerprint density at radius 2 is 2.00 bits per heavy atom. The first kappa shape index (κ1) is 15.5. The zero-order chi connectivity index (χ0) is 14.6. The molecular formula is C15H23NO3. The van der Waals surface area contributed by atoms with Crippen LogP contribution in [0.25, 0.3) is 0 Å². The minimum atomic E-state index is -0.644. The highest BCUT2D eigenvalue weighted by molar-refractivity contribution is 5.75. The van der Waals surface area contributed by atoms with Gasteiger partial charge in [0.05, 0.1) is 5.69 Å². The topological polar surface area (TPSA) is 48.4 Å². The van der Waals surface area contributed by atoms with Crippen LogP contribution in [-0.4, -0.2) is 22.7 Å². The Balaban J connectivity index is 2.76. The Kier molecular flexibility index (Phi) is 4.92. The van der Waals surface area contributed by atoms with Crippen LogP contribution in [0.15, 0.2) is 12.1 Å². The summed E-state index contributed by atoms with van der Waals surface area (Å²) in [5.74, 6) is 0.279. The summed E-state index contributed by atoms with van der Waals surface area (Å²) >= 11 is 0. The van der Waals surface area contributed by atoms with Gasteiger partial charge in [-0.25, -0.2) is 4.79 Å². The Morgan fingerprint density at radius 1 is 1.37 bits per heavy atom. The molecule has 1 aromatic rings. The molecule has 0 saturated heterocycles. The molecule has 4 nitrogen and oxygen atoms in total. The Labute approximate surface area is 115 Å². The zero-order valence-electron chi connectivity index (χ0n) is 12.6. The number of aryl methyl sites for hydroxylation is 2. The number of carbonyl (C=O) groups is 1. The first-order valence-electron chi connectivity index (χ1n) is 6.59. The van der Waals surface area contributed by atoms with E-state index in [1.807, 2.05) is 46.8 Å². The molecule has 0 N–H and O–H groups in total. The molecule has 19 heavy (non-hydrogen) atoms. The smallest absolute Gasteiger partial charge is 0.347 e. The van der Waals surface area contributed by atoms with Crippen LogP contribution >= 0.6 is 0 Å². The second-order valence-electron chi connectivity index (χ2n) is 5.54. The Hall–Kier alpha value is -1.58. The highest BCUT2D eigenvalue weighted by atomic mass is 16.6. The molecule has 0 aliphatic rings. The maximum atomic E-state index is 11.9. The van der Waals surface area contributed by atoms with E-state index >= 15 is 0 Å². The molecule has 0 aliphatic carbocycles. The molecule has 106 valence electrons. The summed E-state index contributed by atoms with van der Waals surface area (Å²) in [5, 5.41) is 0. The van der Waals surface area contributed by atoms with Crippen LogP contribution in [-0.2, 0) is 16.0 Å². The quantitative estimate of drug-likeness (QED) is 0.785. The maximum Gasteiger partial charge on any atom is 0.347 e. The van der Waals surface area contributed by atoms with Gasteiger partial charge in [-0.3, -0.25) is 4.98 Å². The molecule has 4 heteroatoms. The van der Waals surface area contributed by atoms with E-state index in [0.29, 0.717) is 5.75 Å². The molecule has 0 spiro atoms. The summed E-state index contributed by atoms with van der Waals surface area (Å²) < 4.78 is 10.9. The number of esters is 1. The molecule has 1 aromatic heterocycles. The summed E-state index contributed by atoms with van der Waals surface area (Å²) in [6.07, 6.45) is 0.118. The lowest BCUT2D eigenvalue weighted by Crippen LogP contribution is -2.33. The van der Waals surface area contributed by atoms with Crippen molar-refractivity contribution in [1.29, 1.82) is 0 Å². The monoisotopic (exact) mass is 265 g/mol. The van der Waals surface area contributed by atoms with Crippen LogP contribution < -0.4 is 4.74 Å². The summed E-state index contributed by atoms with van der Waals surface area (Å²) in [5.41, 5.74) is 1.29. The van der Waals surface area contributed by atoms with Gasteiger partial charge in [0.25, 0.3) is 0 Å². The van der Waals surface area contributed by atoms with Crippen molar-refractivity contribution in [2.24, 2.45) is 0 Å². The van der Waals surface area contributed by atoms with Gasteiger partial charge in [0.15, 0.2) is 6.10 Å². The fraction of sp³-hybridized carbons (Fsp3) is 0.600. The van der Waals surface area contributed by atoms with Crippen molar-refractivity contribution < 1.29 is 14.3 Å². The highest BCUT2D eigenvalue weighted by Crippen LogP contribution is 2.20. The van der Waals surface area contributed by atoms with Crippen LogP contribution in [0.5, 0.6) is 5.75 Å². The summed E-state index contributed by atoms with van der Waals surface area (Å²) in [7, 11) is 0. The van der Waals surface area contributed by atoms with Crippen molar-refractivity contribution in [3.8, 4) is 5.75 Å². The third kappa shape index (κ3) is 4.89. The number of hydrogen-bond donors (Lipinski definition) is 0. The maximum absolute atomic E-state index is 11.9. The largest absolute Gasteiger partial charge is 0.477 e. The fourth-order valence-electron chi connectivity index (χ4n) is 1.58. The summed E-state index contributed by atoms with van der Waals surface area (Å²) in [6, 6.07) is 3.72. The predicted molar refractivity (Wildman–Crippen MR) is 74.3 cm³/mol. The van der Waals surface area contributed by atoms with Crippen molar-refractivity contribution in [2.75, 3.05) is 0 Å². The van der Waals surface area contributed by atoms with Gasteiger partial charge in [-0.1, -0.05) is 6.92 Å². The van der Waals surface area contributed by atoms with Gasteiger partial charge in [0.1, 0.15) is 11.4 Å². The van der Waals surface area contributed by atoms with Gasteiger partial charge < -0.3 is 9.47 Å². The summed E-state index contributed by atoms with van der Waals surface area (Å²) in [4.78, 5) is 16.3. The molecule has 1 rings (SSSR count). The highest BCUT2D eigenvalue weighted by Gasteiger charge is 2.23. The first-order valence-corrected chi connectivity index (χ1v) is 6.59. The van der Waals surface area contributed by atoms with E-state index in [9.17, 15) is 4.79 Å². The third-order valence-corrected chi connectivity index (χ3v) is 2.45. The lowest BCUT2D eigenvalue weighted by molar-refractivity contribution is -0.162. The Morgan fingerprint density at radius 3 is 2.53 bits per heavy atom. The van der Waals surface area contributed by atoms with E-state index < -0.39 is 11.7 Å². The van der Waals surface area contributed by atoms with Crippen molar-refractivity contribution in [2.45, 2.75) is 59.7 Å². The first-order chi connectivity index (χ1) is 8.73. The van der Waals surface area contributed by atoms with Crippen LogP contribution in [0.1, 0.15) is 46.0 Å². The number of ether oxygens (including phenoxy) is 2. The molecule has 1 heterocycles. The molecule has 0 aromatic carbocycles. The van der Waals surface area contributed by atoms with E-state index in [0.717, 1.165) is 17.8 Å². The number of nitrogens with zero attached hydrogens (tertiary/aromatic N) is 1.